The van der Waals surface area contributed by atoms with Crippen molar-refractivity contribution in [1.82, 2.24) is 9.55 Å². The first-order chi connectivity index (χ1) is 8.34. The molecule has 1 heterocycles. The van der Waals surface area contributed by atoms with Crippen molar-refractivity contribution in [2.24, 2.45) is 0 Å². The molecule has 0 saturated heterocycles. The summed E-state index contributed by atoms with van der Waals surface area (Å²) in [5, 5.41) is 0. The van der Waals surface area contributed by atoms with Crippen LogP contribution in [0.5, 0.6) is 0 Å². The highest BCUT2D eigenvalue weighted by Crippen LogP contribution is 2.48. The van der Waals surface area contributed by atoms with Crippen molar-refractivity contribution in [3.8, 4) is 0 Å². The van der Waals surface area contributed by atoms with Crippen LogP contribution < -0.4 is 5.73 Å². The molecule has 3 fully saturated rings. The van der Waals surface area contributed by atoms with Crippen LogP contribution in [0.15, 0.2) is 0 Å². The van der Waals surface area contributed by atoms with E-state index in [2.05, 4.69) is 4.57 Å². The highest BCUT2D eigenvalue weighted by molar-refractivity contribution is 5.44. The Hall–Kier alpha value is -0.990. The molecule has 3 heteroatoms. The van der Waals surface area contributed by atoms with Crippen LogP contribution in [0.25, 0.3) is 0 Å². The van der Waals surface area contributed by atoms with E-state index in [1.54, 1.807) is 0 Å². The summed E-state index contributed by atoms with van der Waals surface area (Å²) in [7, 11) is 0. The van der Waals surface area contributed by atoms with Crippen LogP contribution in [0, 0.1) is 0 Å². The van der Waals surface area contributed by atoms with Crippen LogP contribution >= 0.6 is 0 Å². The molecule has 3 aliphatic rings. The zero-order valence-corrected chi connectivity index (χ0v) is 10.4. The van der Waals surface area contributed by atoms with Gasteiger partial charge in [0.1, 0.15) is 11.6 Å². The number of hydrogen-bond donors (Lipinski definition) is 1. The number of aromatic nitrogens is 2. The highest BCUT2D eigenvalue weighted by atomic mass is 15.2. The number of nitrogens with zero attached hydrogens (tertiary/aromatic N) is 2. The van der Waals surface area contributed by atoms with Gasteiger partial charge in [0.25, 0.3) is 0 Å². The molecule has 17 heavy (non-hydrogen) atoms. The highest BCUT2D eigenvalue weighted by Gasteiger charge is 2.37. The molecule has 3 saturated carbocycles. The third-order valence-corrected chi connectivity index (χ3v) is 4.60. The Kier molecular flexibility index (Phi) is 2.06. The smallest absolute Gasteiger partial charge is 0.127 e. The average molecular weight is 231 g/mol. The van der Waals surface area contributed by atoms with Gasteiger partial charge < -0.3 is 10.3 Å². The number of hydrogen-bond acceptors (Lipinski definition) is 2. The maximum atomic E-state index is 6.35. The van der Waals surface area contributed by atoms with Gasteiger partial charge in [-0.05, 0) is 38.5 Å². The first-order valence-electron chi connectivity index (χ1n) is 7.22. The third kappa shape index (κ3) is 1.59. The van der Waals surface area contributed by atoms with Crippen LogP contribution in [-0.4, -0.2) is 9.55 Å². The van der Waals surface area contributed by atoms with E-state index in [-0.39, 0.29) is 0 Å². The molecule has 1 aromatic rings. The Morgan fingerprint density at radius 3 is 2.24 bits per heavy atom. The summed E-state index contributed by atoms with van der Waals surface area (Å²) in [5.41, 5.74) is 7.59. The van der Waals surface area contributed by atoms with Gasteiger partial charge in [-0.2, -0.15) is 0 Å². The van der Waals surface area contributed by atoms with Crippen molar-refractivity contribution in [3.05, 3.63) is 11.5 Å². The number of nitrogens with two attached hydrogens (primary N) is 1. The Morgan fingerprint density at radius 2 is 1.65 bits per heavy atom. The van der Waals surface area contributed by atoms with Gasteiger partial charge in [0, 0.05) is 17.9 Å². The summed E-state index contributed by atoms with van der Waals surface area (Å²) in [5.74, 6) is 3.74. The maximum absolute atomic E-state index is 6.35. The molecule has 0 aromatic carbocycles. The van der Waals surface area contributed by atoms with Crippen LogP contribution in [0.4, 0.5) is 5.82 Å². The van der Waals surface area contributed by atoms with E-state index < -0.39 is 0 Å². The molecule has 0 bridgehead atoms. The normalized spacial score (nSPS) is 25.6. The fourth-order valence-electron chi connectivity index (χ4n) is 3.33. The molecule has 0 amide bonds. The summed E-state index contributed by atoms with van der Waals surface area (Å²) in [4.78, 5) is 4.95. The van der Waals surface area contributed by atoms with Gasteiger partial charge in [-0.1, -0.05) is 12.8 Å². The predicted molar refractivity (Wildman–Crippen MR) is 68.1 cm³/mol. The van der Waals surface area contributed by atoms with Gasteiger partial charge in [0.05, 0.1) is 5.69 Å². The summed E-state index contributed by atoms with van der Waals surface area (Å²) in [6.07, 6.45) is 10.6. The molecule has 0 radical (unpaired) electrons. The van der Waals surface area contributed by atoms with Crippen molar-refractivity contribution in [2.75, 3.05) is 5.73 Å². The molecule has 0 spiro atoms. The molecule has 0 aliphatic heterocycles. The lowest BCUT2D eigenvalue weighted by Gasteiger charge is -2.12. The standard InChI is InChI=1S/C14H21N3/c15-13-12(9-5-6-9)16-14(10-3-1-2-4-10)17(13)11-7-8-11/h9-11H,1-8,15H2. The fraction of sp³-hybridized carbons (Fsp3) is 0.786. The second kappa shape index (κ2) is 3.50. The number of imidazole rings is 1. The lowest BCUT2D eigenvalue weighted by molar-refractivity contribution is 0.596. The van der Waals surface area contributed by atoms with E-state index in [1.807, 2.05) is 0 Å². The molecule has 0 unspecified atom stereocenters. The Balaban J connectivity index is 1.77. The van der Waals surface area contributed by atoms with E-state index in [1.165, 1.54) is 62.9 Å². The number of anilines is 1. The minimum Gasteiger partial charge on any atom is -0.384 e. The van der Waals surface area contributed by atoms with E-state index in [0.717, 1.165) is 5.82 Å². The topological polar surface area (TPSA) is 43.8 Å². The van der Waals surface area contributed by atoms with Gasteiger partial charge in [0.2, 0.25) is 0 Å². The fourth-order valence-corrected chi connectivity index (χ4v) is 3.33. The SMILES string of the molecule is Nc1c(C2CC2)nc(C2CCCC2)n1C1CC1. The average Bonchev–Trinajstić information content (AvgIpc) is 3.25. The Bertz CT molecular complexity index is 435. The molecule has 0 atom stereocenters. The van der Waals surface area contributed by atoms with Gasteiger partial charge in [0.15, 0.2) is 0 Å². The van der Waals surface area contributed by atoms with Crippen molar-refractivity contribution in [3.63, 3.8) is 0 Å². The monoisotopic (exact) mass is 231 g/mol. The summed E-state index contributed by atoms with van der Waals surface area (Å²) >= 11 is 0. The lowest BCUT2D eigenvalue weighted by Crippen LogP contribution is -2.08. The number of rotatable bonds is 3. The van der Waals surface area contributed by atoms with Crippen molar-refractivity contribution in [2.45, 2.75) is 69.2 Å². The number of nitrogen functional groups attached to an aromatic ring is 1. The first-order valence-corrected chi connectivity index (χ1v) is 7.22. The summed E-state index contributed by atoms with van der Waals surface area (Å²) in [6, 6.07) is 0.686. The van der Waals surface area contributed by atoms with E-state index in [0.29, 0.717) is 17.9 Å². The predicted octanol–water partition coefficient (Wildman–Crippen LogP) is 3.34. The van der Waals surface area contributed by atoms with Crippen LogP contribution in [0.1, 0.15) is 80.8 Å². The minimum absolute atomic E-state index is 0.686. The lowest BCUT2D eigenvalue weighted by atomic mass is 10.1. The van der Waals surface area contributed by atoms with Gasteiger partial charge in [-0.3, -0.25) is 0 Å². The van der Waals surface area contributed by atoms with Gasteiger partial charge in [-0.15, -0.1) is 0 Å². The summed E-state index contributed by atoms with van der Waals surface area (Å²) in [6.45, 7) is 0. The third-order valence-electron chi connectivity index (χ3n) is 4.60. The molecule has 3 aliphatic carbocycles. The minimum atomic E-state index is 0.686. The Morgan fingerprint density at radius 1 is 0.941 bits per heavy atom. The maximum Gasteiger partial charge on any atom is 0.127 e. The van der Waals surface area contributed by atoms with Crippen LogP contribution in [0.3, 0.4) is 0 Å². The first kappa shape index (κ1) is 9.98. The zero-order chi connectivity index (χ0) is 11.4. The molecular formula is C14H21N3. The van der Waals surface area contributed by atoms with Crippen LogP contribution in [-0.2, 0) is 0 Å². The van der Waals surface area contributed by atoms with Gasteiger partial charge >= 0.3 is 0 Å². The largest absolute Gasteiger partial charge is 0.384 e. The van der Waals surface area contributed by atoms with E-state index >= 15 is 0 Å². The second-order valence-corrected chi connectivity index (χ2v) is 6.10. The van der Waals surface area contributed by atoms with Crippen LogP contribution in [0.2, 0.25) is 0 Å². The van der Waals surface area contributed by atoms with Crippen molar-refractivity contribution in [1.29, 1.82) is 0 Å². The van der Waals surface area contributed by atoms with Crippen molar-refractivity contribution < 1.29 is 0 Å². The molecule has 1 aromatic heterocycles. The zero-order valence-electron chi connectivity index (χ0n) is 10.4. The van der Waals surface area contributed by atoms with Gasteiger partial charge in [-0.25, -0.2) is 4.98 Å². The quantitative estimate of drug-likeness (QED) is 0.867. The van der Waals surface area contributed by atoms with E-state index in [9.17, 15) is 0 Å². The molecule has 92 valence electrons. The summed E-state index contributed by atoms with van der Waals surface area (Å²) < 4.78 is 2.41. The molecule has 2 N–H and O–H groups in total. The second-order valence-electron chi connectivity index (χ2n) is 6.10. The Labute approximate surface area is 102 Å². The van der Waals surface area contributed by atoms with E-state index in [4.69, 9.17) is 10.7 Å². The molecule has 3 nitrogen and oxygen atoms in total. The molecule has 4 rings (SSSR count). The van der Waals surface area contributed by atoms with Crippen molar-refractivity contribution >= 4 is 5.82 Å². The molecular weight excluding hydrogens is 210 g/mol.